The molecule has 1 N–H and O–H groups in total. The molecule has 9 heteroatoms. The van der Waals surface area contributed by atoms with Gasteiger partial charge in [0.1, 0.15) is 5.56 Å². The second-order valence-electron chi connectivity index (χ2n) is 6.76. The predicted octanol–water partition coefficient (Wildman–Crippen LogP) is 2.04. The maximum atomic E-state index is 13.2. The van der Waals surface area contributed by atoms with Crippen LogP contribution in [-0.2, 0) is 6.54 Å². The number of aliphatic hydroxyl groups is 1. The van der Waals surface area contributed by atoms with Crippen molar-refractivity contribution in [3.05, 3.63) is 23.7 Å². The van der Waals surface area contributed by atoms with E-state index in [4.69, 9.17) is 4.74 Å². The molecule has 1 aliphatic heterocycles. The molecule has 1 aliphatic carbocycles. The van der Waals surface area contributed by atoms with Crippen LogP contribution in [-0.4, -0.2) is 60.7 Å². The second kappa shape index (κ2) is 7.47. The SMILES string of the molecule is CCOc1cnn(-c2nc(SC)nc3c2C(=O)N([C@@H]2CCCC[C@@H]2O)C3)c1. The first-order chi connectivity index (χ1) is 13.1. The fraction of sp³-hybridized carbons (Fsp3) is 0.556. The van der Waals surface area contributed by atoms with Gasteiger partial charge in [0.05, 0.1) is 43.4 Å². The maximum absolute atomic E-state index is 13.2. The Morgan fingerprint density at radius 2 is 2.15 bits per heavy atom. The summed E-state index contributed by atoms with van der Waals surface area (Å²) in [5.74, 6) is 0.959. The van der Waals surface area contributed by atoms with E-state index in [0.717, 1.165) is 25.7 Å². The van der Waals surface area contributed by atoms with Crippen LogP contribution in [0.2, 0.25) is 0 Å². The number of aromatic nitrogens is 4. The highest BCUT2D eigenvalue weighted by molar-refractivity contribution is 7.98. The highest BCUT2D eigenvalue weighted by Crippen LogP contribution is 2.33. The van der Waals surface area contributed by atoms with Gasteiger partial charge in [0.15, 0.2) is 16.7 Å². The second-order valence-corrected chi connectivity index (χ2v) is 7.53. The molecule has 0 spiro atoms. The van der Waals surface area contributed by atoms with Crippen molar-refractivity contribution in [2.24, 2.45) is 0 Å². The van der Waals surface area contributed by atoms with Crippen LogP contribution in [0.15, 0.2) is 17.6 Å². The summed E-state index contributed by atoms with van der Waals surface area (Å²) in [4.78, 5) is 24.1. The third-order valence-electron chi connectivity index (χ3n) is 5.10. The number of hydrogen-bond donors (Lipinski definition) is 1. The minimum atomic E-state index is -0.484. The lowest BCUT2D eigenvalue weighted by molar-refractivity contribution is 0.0189. The number of aliphatic hydroxyl groups excluding tert-OH is 1. The maximum Gasteiger partial charge on any atom is 0.260 e. The smallest absolute Gasteiger partial charge is 0.260 e. The van der Waals surface area contributed by atoms with E-state index < -0.39 is 6.10 Å². The van der Waals surface area contributed by atoms with Crippen molar-refractivity contribution in [3.8, 4) is 11.6 Å². The lowest BCUT2D eigenvalue weighted by atomic mass is 9.91. The van der Waals surface area contributed by atoms with Gasteiger partial charge in [-0.25, -0.2) is 14.6 Å². The minimum absolute atomic E-state index is 0.132. The van der Waals surface area contributed by atoms with Gasteiger partial charge in [-0.05, 0) is 26.0 Å². The summed E-state index contributed by atoms with van der Waals surface area (Å²) in [7, 11) is 0. The molecule has 2 aromatic heterocycles. The van der Waals surface area contributed by atoms with Gasteiger partial charge in [0.25, 0.3) is 5.91 Å². The number of rotatable bonds is 5. The summed E-state index contributed by atoms with van der Waals surface area (Å²) in [5, 5.41) is 15.3. The Kier molecular flexibility index (Phi) is 5.05. The molecule has 0 saturated heterocycles. The molecule has 0 bridgehead atoms. The zero-order valence-electron chi connectivity index (χ0n) is 15.5. The number of nitrogens with zero attached hydrogens (tertiary/aromatic N) is 5. The van der Waals surface area contributed by atoms with E-state index in [1.165, 1.54) is 11.8 Å². The summed E-state index contributed by atoms with van der Waals surface area (Å²) in [6.07, 6.45) is 8.32. The van der Waals surface area contributed by atoms with E-state index in [1.54, 1.807) is 22.0 Å². The summed E-state index contributed by atoms with van der Waals surface area (Å²) in [6, 6.07) is -0.164. The molecule has 27 heavy (non-hydrogen) atoms. The average molecular weight is 389 g/mol. The topological polar surface area (TPSA) is 93.4 Å². The highest BCUT2D eigenvalue weighted by Gasteiger charge is 2.40. The van der Waals surface area contributed by atoms with Crippen LogP contribution in [0.5, 0.6) is 5.75 Å². The Bertz CT molecular complexity index is 856. The van der Waals surface area contributed by atoms with Crippen molar-refractivity contribution < 1.29 is 14.6 Å². The molecule has 1 amide bonds. The Labute approximate surface area is 161 Å². The lowest BCUT2D eigenvalue weighted by Gasteiger charge is -2.34. The van der Waals surface area contributed by atoms with Crippen molar-refractivity contribution >= 4 is 17.7 Å². The number of carbonyl (C=O) groups is 1. The fourth-order valence-corrected chi connectivity index (χ4v) is 4.20. The van der Waals surface area contributed by atoms with Gasteiger partial charge in [-0.15, -0.1) is 0 Å². The van der Waals surface area contributed by atoms with Crippen LogP contribution in [0.3, 0.4) is 0 Å². The first-order valence-corrected chi connectivity index (χ1v) is 10.5. The van der Waals surface area contributed by atoms with Crippen LogP contribution in [0, 0.1) is 0 Å². The summed E-state index contributed by atoms with van der Waals surface area (Å²) in [5.41, 5.74) is 1.16. The van der Waals surface area contributed by atoms with Crippen LogP contribution < -0.4 is 4.74 Å². The third-order valence-corrected chi connectivity index (χ3v) is 5.65. The zero-order valence-corrected chi connectivity index (χ0v) is 16.3. The quantitative estimate of drug-likeness (QED) is 0.618. The van der Waals surface area contributed by atoms with Crippen molar-refractivity contribution in [1.82, 2.24) is 24.6 Å². The van der Waals surface area contributed by atoms with E-state index in [9.17, 15) is 9.90 Å². The Balaban J connectivity index is 1.73. The molecule has 2 aliphatic rings. The normalized spacial score (nSPS) is 22.2. The Morgan fingerprint density at radius 1 is 1.33 bits per heavy atom. The van der Waals surface area contributed by atoms with Crippen molar-refractivity contribution in [2.45, 2.75) is 56.5 Å². The molecule has 2 aromatic rings. The Morgan fingerprint density at radius 3 is 2.89 bits per heavy atom. The summed E-state index contributed by atoms with van der Waals surface area (Å²) in [6.45, 7) is 2.84. The Hall–Kier alpha value is -2.13. The molecule has 0 aromatic carbocycles. The molecular weight excluding hydrogens is 366 g/mol. The van der Waals surface area contributed by atoms with Crippen molar-refractivity contribution in [3.63, 3.8) is 0 Å². The number of hydrogen-bond acceptors (Lipinski definition) is 7. The fourth-order valence-electron chi connectivity index (χ4n) is 3.83. The number of thioether (sulfide) groups is 1. The molecule has 144 valence electrons. The van der Waals surface area contributed by atoms with Crippen LogP contribution in [0.1, 0.15) is 48.7 Å². The summed E-state index contributed by atoms with van der Waals surface area (Å²) >= 11 is 1.43. The molecule has 1 saturated carbocycles. The lowest BCUT2D eigenvalue weighted by Crippen LogP contribution is -2.45. The van der Waals surface area contributed by atoms with Crippen molar-refractivity contribution in [2.75, 3.05) is 12.9 Å². The van der Waals surface area contributed by atoms with Crippen LogP contribution >= 0.6 is 11.8 Å². The van der Waals surface area contributed by atoms with Gasteiger partial charge in [0, 0.05) is 0 Å². The largest absolute Gasteiger partial charge is 0.491 e. The number of fused-ring (bicyclic) bond motifs is 1. The predicted molar refractivity (Wildman–Crippen MR) is 100 cm³/mol. The van der Waals surface area contributed by atoms with E-state index >= 15 is 0 Å². The summed E-state index contributed by atoms with van der Waals surface area (Å²) < 4.78 is 7.05. The first-order valence-electron chi connectivity index (χ1n) is 9.24. The van der Waals surface area contributed by atoms with Gasteiger partial charge in [0.2, 0.25) is 0 Å². The van der Waals surface area contributed by atoms with Crippen LogP contribution in [0.4, 0.5) is 0 Å². The third kappa shape index (κ3) is 3.29. The van der Waals surface area contributed by atoms with E-state index in [1.807, 2.05) is 13.2 Å². The van der Waals surface area contributed by atoms with E-state index in [0.29, 0.717) is 41.1 Å². The number of ether oxygens (including phenoxy) is 1. The molecule has 8 nitrogen and oxygen atoms in total. The van der Waals surface area contributed by atoms with Gasteiger partial charge in [-0.1, -0.05) is 24.6 Å². The molecule has 3 heterocycles. The molecule has 1 fully saturated rings. The number of amides is 1. The molecule has 0 radical (unpaired) electrons. The van der Waals surface area contributed by atoms with Gasteiger partial charge >= 0.3 is 0 Å². The first kappa shape index (κ1) is 18.2. The van der Waals surface area contributed by atoms with Gasteiger partial charge < -0.3 is 14.7 Å². The molecule has 4 rings (SSSR count). The minimum Gasteiger partial charge on any atom is -0.491 e. The number of carbonyl (C=O) groups excluding carboxylic acids is 1. The molecular formula is C18H23N5O3S. The average Bonchev–Trinajstić information content (AvgIpc) is 3.27. The van der Waals surface area contributed by atoms with Gasteiger partial charge in [-0.2, -0.15) is 5.10 Å². The molecule has 2 atom stereocenters. The van der Waals surface area contributed by atoms with E-state index in [2.05, 4.69) is 15.1 Å². The van der Waals surface area contributed by atoms with Gasteiger partial charge in [-0.3, -0.25) is 4.79 Å². The monoisotopic (exact) mass is 389 g/mol. The van der Waals surface area contributed by atoms with Crippen molar-refractivity contribution in [1.29, 1.82) is 0 Å². The zero-order chi connectivity index (χ0) is 19.0. The highest BCUT2D eigenvalue weighted by atomic mass is 32.2. The molecule has 0 unspecified atom stereocenters. The standard InChI is InChI=1S/C18H23N5O3S/c1-3-26-11-8-19-23(9-11)16-15-12(20-18(21-16)27-2)10-22(17(15)25)13-6-4-5-7-14(13)24/h8-9,13-14,24H,3-7,10H2,1-2H3/t13-,14+/m1/s1. The van der Waals surface area contributed by atoms with Crippen LogP contribution in [0.25, 0.3) is 5.82 Å². The van der Waals surface area contributed by atoms with E-state index in [-0.39, 0.29) is 11.9 Å².